The molecule has 7 nitrogen and oxygen atoms in total. The molecular formula is C22H30N2O5S. The van der Waals surface area contributed by atoms with Crippen LogP contribution in [-0.4, -0.2) is 47.4 Å². The zero-order chi connectivity index (χ0) is 22.0. The summed E-state index contributed by atoms with van der Waals surface area (Å²) >= 11 is 0. The number of carbonyl (C=O) groups excluding carboxylic acids is 1. The lowest BCUT2D eigenvalue weighted by Crippen LogP contribution is -2.40. The molecule has 2 aromatic rings. The second kappa shape index (κ2) is 11.4. The standard InChI is InChI=1S/C22H30N2O5S/c1-4-15-29-20-12-10-19(11-13-20)24(30(3,26)27)17-22(25)23-14-6-8-18-7-5-9-21(16-18)28-2/h5,7,9-13,16H,4,6,8,14-15,17H2,1-3H3,(H,23,25). The van der Waals surface area contributed by atoms with Crippen LogP contribution in [0.2, 0.25) is 0 Å². The summed E-state index contributed by atoms with van der Waals surface area (Å²) in [6, 6.07) is 14.5. The van der Waals surface area contributed by atoms with Gasteiger partial charge in [0.05, 0.1) is 25.7 Å². The van der Waals surface area contributed by atoms with Crippen LogP contribution in [-0.2, 0) is 21.2 Å². The van der Waals surface area contributed by atoms with Gasteiger partial charge in [-0.2, -0.15) is 0 Å². The van der Waals surface area contributed by atoms with E-state index in [2.05, 4.69) is 5.32 Å². The van der Waals surface area contributed by atoms with Gasteiger partial charge in [-0.3, -0.25) is 9.10 Å². The lowest BCUT2D eigenvalue weighted by atomic mass is 10.1. The molecule has 0 unspecified atom stereocenters. The largest absolute Gasteiger partial charge is 0.497 e. The Morgan fingerprint density at radius 2 is 1.83 bits per heavy atom. The molecule has 30 heavy (non-hydrogen) atoms. The van der Waals surface area contributed by atoms with E-state index in [4.69, 9.17) is 9.47 Å². The van der Waals surface area contributed by atoms with Crippen molar-refractivity contribution in [2.24, 2.45) is 0 Å². The number of sulfonamides is 1. The number of benzene rings is 2. The first kappa shape index (κ1) is 23.5. The van der Waals surface area contributed by atoms with Crippen LogP contribution >= 0.6 is 0 Å². The Kier molecular flexibility index (Phi) is 8.98. The maximum atomic E-state index is 12.3. The monoisotopic (exact) mass is 434 g/mol. The quantitative estimate of drug-likeness (QED) is 0.519. The second-order valence-corrected chi connectivity index (χ2v) is 8.82. The summed E-state index contributed by atoms with van der Waals surface area (Å²) in [5, 5.41) is 2.79. The molecule has 0 aromatic heterocycles. The van der Waals surface area contributed by atoms with Crippen molar-refractivity contribution >= 4 is 21.6 Å². The molecule has 2 aromatic carbocycles. The summed E-state index contributed by atoms with van der Waals surface area (Å²) in [5.41, 5.74) is 1.54. The number of amides is 1. The number of ether oxygens (including phenoxy) is 2. The van der Waals surface area contributed by atoms with Gasteiger partial charge in [0.15, 0.2) is 0 Å². The molecule has 0 aliphatic rings. The van der Waals surface area contributed by atoms with E-state index >= 15 is 0 Å². The molecule has 0 saturated heterocycles. The average molecular weight is 435 g/mol. The maximum Gasteiger partial charge on any atom is 0.240 e. The number of rotatable bonds is 12. The normalized spacial score (nSPS) is 11.0. The van der Waals surface area contributed by atoms with Gasteiger partial charge in [0.2, 0.25) is 15.9 Å². The smallest absolute Gasteiger partial charge is 0.240 e. The number of aryl methyl sites for hydroxylation is 1. The SMILES string of the molecule is CCCOc1ccc(N(CC(=O)NCCCc2cccc(OC)c2)S(C)(=O)=O)cc1. The number of hydrogen-bond donors (Lipinski definition) is 1. The van der Waals surface area contributed by atoms with Crippen LogP contribution in [0.5, 0.6) is 11.5 Å². The Bertz CT molecular complexity index is 913. The lowest BCUT2D eigenvalue weighted by molar-refractivity contribution is -0.119. The highest BCUT2D eigenvalue weighted by molar-refractivity contribution is 7.92. The number of nitrogens with one attached hydrogen (secondary N) is 1. The fourth-order valence-corrected chi connectivity index (χ4v) is 3.72. The predicted octanol–water partition coefficient (Wildman–Crippen LogP) is 3.00. The van der Waals surface area contributed by atoms with Gasteiger partial charge in [0.25, 0.3) is 0 Å². The van der Waals surface area contributed by atoms with Gasteiger partial charge in [-0.15, -0.1) is 0 Å². The molecule has 0 aliphatic carbocycles. The summed E-state index contributed by atoms with van der Waals surface area (Å²) < 4.78 is 36.2. The Hall–Kier alpha value is -2.74. The molecule has 0 bridgehead atoms. The number of anilines is 1. The van der Waals surface area contributed by atoms with Crippen molar-refractivity contribution in [1.29, 1.82) is 0 Å². The van der Waals surface area contributed by atoms with Crippen molar-refractivity contribution in [3.63, 3.8) is 0 Å². The van der Waals surface area contributed by atoms with Crippen molar-refractivity contribution in [2.75, 3.05) is 37.4 Å². The van der Waals surface area contributed by atoms with Crippen LogP contribution in [0.15, 0.2) is 48.5 Å². The summed E-state index contributed by atoms with van der Waals surface area (Å²) in [4.78, 5) is 12.3. The zero-order valence-electron chi connectivity index (χ0n) is 17.8. The average Bonchev–Trinajstić information content (AvgIpc) is 2.73. The van der Waals surface area contributed by atoms with E-state index in [1.54, 1.807) is 31.4 Å². The van der Waals surface area contributed by atoms with E-state index < -0.39 is 10.0 Å². The predicted molar refractivity (Wildman–Crippen MR) is 119 cm³/mol. The molecule has 0 aliphatic heterocycles. The van der Waals surface area contributed by atoms with Crippen LogP contribution in [0.25, 0.3) is 0 Å². The third kappa shape index (κ3) is 7.59. The molecule has 0 atom stereocenters. The molecule has 8 heteroatoms. The van der Waals surface area contributed by atoms with E-state index in [9.17, 15) is 13.2 Å². The lowest BCUT2D eigenvalue weighted by Gasteiger charge is -2.22. The minimum absolute atomic E-state index is 0.271. The Labute approximate surface area is 179 Å². The van der Waals surface area contributed by atoms with Gasteiger partial charge in [0, 0.05) is 6.54 Å². The molecular weight excluding hydrogens is 404 g/mol. The number of carbonyl (C=O) groups is 1. The van der Waals surface area contributed by atoms with Gasteiger partial charge in [-0.05, 0) is 61.2 Å². The third-order valence-electron chi connectivity index (χ3n) is 4.38. The summed E-state index contributed by atoms with van der Waals surface area (Å²) in [5.74, 6) is 1.11. The molecule has 164 valence electrons. The van der Waals surface area contributed by atoms with E-state index in [-0.39, 0.29) is 12.5 Å². The molecule has 0 saturated carbocycles. The summed E-state index contributed by atoms with van der Waals surface area (Å²) in [7, 11) is -1.98. The Balaban J connectivity index is 1.89. The van der Waals surface area contributed by atoms with Crippen LogP contribution in [0.4, 0.5) is 5.69 Å². The Morgan fingerprint density at radius 1 is 1.10 bits per heavy atom. The fourth-order valence-electron chi connectivity index (χ4n) is 2.86. The minimum atomic E-state index is -3.61. The molecule has 0 spiro atoms. The van der Waals surface area contributed by atoms with Gasteiger partial charge in [-0.1, -0.05) is 19.1 Å². The van der Waals surface area contributed by atoms with Crippen molar-refractivity contribution in [2.45, 2.75) is 26.2 Å². The maximum absolute atomic E-state index is 12.3. The molecule has 1 amide bonds. The number of methoxy groups -OCH3 is 1. The van der Waals surface area contributed by atoms with E-state index in [1.807, 2.05) is 31.2 Å². The fraction of sp³-hybridized carbons (Fsp3) is 0.409. The molecule has 0 heterocycles. The highest BCUT2D eigenvalue weighted by Gasteiger charge is 2.20. The van der Waals surface area contributed by atoms with Crippen molar-refractivity contribution in [1.82, 2.24) is 5.32 Å². The summed E-state index contributed by atoms with van der Waals surface area (Å²) in [6.45, 7) is 2.78. The van der Waals surface area contributed by atoms with Crippen molar-refractivity contribution in [3.8, 4) is 11.5 Å². The van der Waals surface area contributed by atoms with Crippen LogP contribution in [0.3, 0.4) is 0 Å². The number of hydrogen-bond acceptors (Lipinski definition) is 5. The zero-order valence-corrected chi connectivity index (χ0v) is 18.6. The first-order valence-electron chi connectivity index (χ1n) is 9.93. The van der Waals surface area contributed by atoms with E-state index in [1.165, 1.54) is 0 Å². The third-order valence-corrected chi connectivity index (χ3v) is 5.52. The molecule has 0 fully saturated rings. The van der Waals surface area contributed by atoms with E-state index in [0.29, 0.717) is 24.6 Å². The number of nitrogens with zero attached hydrogens (tertiary/aromatic N) is 1. The topological polar surface area (TPSA) is 84.9 Å². The highest BCUT2D eigenvalue weighted by atomic mass is 32.2. The van der Waals surface area contributed by atoms with Crippen molar-refractivity contribution < 1.29 is 22.7 Å². The van der Waals surface area contributed by atoms with Crippen LogP contribution in [0, 0.1) is 0 Å². The molecule has 0 radical (unpaired) electrons. The van der Waals surface area contributed by atoms with Gasteiger partial charge >= 0.3 is 0 Å². The van der Waals surface area contributed by atoms with Crippen LogP contribution in [0.1, 0.15) is 25.3 Å². The van der Waals surface area contributed by atoms with Crippen LogP contribution < -0.4 is 19.1 Å². The van der Waals surface area contributed by atoms with Gasteiger partial charge in [-0.25, -0.2) is 8.42 Å². The highest BCUT2D eigenvalue weighted by Crippen LogP contribution is 2.21. The van der Waals surface area contributed by atoms with Gasteiger partial charge in [0.1, 0.15) is 18.0 Å². The molecule has 2 rings (SSSR count). The summed E-state index contributed by atoms with van der Waals surface area (Å²) in [6.07, 6.45) is 3.49. The van der Waals surface area contributed by atoms with Crippen molar-refractivity contribution in [3.05, 3.63) is 54.1 Å². The minimum Gasteiger partial charge on any atom is -0.497 e. The second-order valence-electron chi connectivity index (χ2n) is 6.92. The van der Waals surface area contributed by atoms with E-state index in [0.717, 1.165) is 41.1 Å². The molecule has 1 N–H and O–H groups in total. The Morgan fingerprint density at radius 3 is 2.47 bits per heavy atom. The first-order chi connectivity index (χ1) is 14.3. The van der Waals surface area contributed by atoms with Gasteiger partial charge < -0.3 is 14.8 Å². The first-order valence-corrected chi connectivity index (χ1v) is 11.8.